The number of rotatable bonds is 6. The first-order chi connectivity index (χ1) is 28.3. The molecule has 0 atom stereocenters. The van der Waals surface area contributed by atoms with Crippen LogP contribution in [0.1, 0.15) is 51.4 Å². The SMILES string of the molecule is [2H]C([2H])([2H])c1cnc(-c2cc(Oc3cc(-c4cc(-c5ccc(C)cc5C)c(C)cn4)c4oc5nc(C)ccc5c4c3)c(C([2H])([2H])[2H])c(-c3ccccc3)c2)cc1C([2H])([2H])[2H]. The number of hydrogen-bond donors (Lipinski definition) is 0. The first-order valence-electron chi connectivity index (χ1n) is 21.1. The highest BCUT2D eigenvalue weighted by atomic mass is 16.5. The second kappa shape index (κ2) is 12.7. The molecule has 0 saturated carbocycles. The van der Waals surface area contributed by atoms with E-state index in [-0.39, 0.29) is 28.3 Å². The van der Waals surface area contributed by atoms with Crippen LogP contribution in [0.25, 0.3) is 66.8 Å². The van der Waals surface area contributed by atoms with Crippen LogP contribution >= 0.6 is 0 Å². The van der Waals surface area contributed by atoms with Gasteiger partial charge in [-0.2, -0.15) is 0 Å². The summed E-state index contributed by atoms with van der Waals surface area (Å²) in [5, 5.41) is 1.38. The molecule has 5 heteroatoms. The Kier molecular flexibility index (Phi) is 5.80. The molecule has 0 spiro atoms. The molecule has 0 aliphatic carbocycles. The minimum Gasteiger partial charge on any atom is -0.457 e. The van der Waals surface area contributed by atoms with Crippen LogP contribution in [-0.4, -0.2) is 15.0 Å². The molecule has 0 aliphatic heterocycles. The van der Waals surface area contributed by atoms with Gasteiger partial charge in [0.25, 0.3) is 0 Å². The van der Waals surface area contributed by atoms with E-state index >= 15 is 0 Å². The van der Waals surface area contributed by atoms with Gasteiger partial charge in [-0.1, -0.05) is 54.1 Å². The lowest BCUT2D eigenvalue weighted by molar-refractivity contribution is 0.480. The molecule has 0 fully saturated rings. The van der Waals surface area contributed by atoms with Crippen molar-refractivity contribution in [2.75, 3.05) is 0 Å². The molecule has 0 amide bonds. The number of benzene rings is 4. The van der Waals surface area contributed by atoms with E-state index in [9.17, 15) is 0 Å². The van der Waals surface area contributed by atoms with E-state index in [2.05, 4.69) is 42.0 Å². The third kappa shape index (κ3) is 5.95. The summed E-state index contributed by atoms with van der Waals surface area (Å²) in [4.78, 5) is 13.9. The fraction of sp³-hybridized carbons (Fsp3) is 0.152. The van der Waals surface area contributed by atoms with Gasteiger partial charge in [0.2, 0.25) is 5.71 Å². The van der Waals surface area contributed by atoms with Gasteiger partial charge in [-0.15, -0.1) is 0 Å². The summed E-state index contributed by atoms with van der Waals surface area (Å²) >= 11 is 0. The number of fused-ring (bicyclic) bond motifs is 3. The van der Waals surface area contributed by atoms with Gasteiger partial charge in [0.1, 0.15) is 17.1 Å². The topological polar surface area (TPSA) is 61.0 Å². The highest BCUT2D eigenvalue weighted by Gasteiger charge is 2.20. The Bertz CT molecular complexity index is 2970. The van der Waals surface area contributed by atoms with Crippen molar-refractivity contribution >= 4 is 22.1 Å². The van der Waals surface area contributed by atoms with Crippen LogP contribution < -0.4 is 4.74 Å². The molecule has 0 unspecified atom stereocenters. The van der Waals surface area contributed by atoms with Crippen molar-refractivity contribution < 1.29 is 21.5 Å². The maximum atomic E-state index is 8.79. The van der Waals surface area contributed by atoms with Crippen molar-refractivity contribution in [2.24, 2.45) is 0 Å². The number of ether oxygens (including phenoxy) is 1. The summed E-state index contributed by atoms with van der Waals surface area (Å²) in [6.07, 6.45) is 2.86. The molecule has 4 heterocycles. The number of aromatic nitrogens is 3. The normalized spacial score (nSPS) is 14.8. The smallest absolute Gasteiger partial charge is 0.227 e. The van der Waals surface area contributed by atoms with Gasteiger partial charge >= 0.3 is 0 Å². The van der Waals surface area contributed by atoms with Crippen LogP contribution in [-0.2, 0) is 0 Å². The van der Waals surface area contributed by atoms with Crippen LogP contribution in [0.5, 0.6) is 11.5 Å². The van der Waals surface area contributed by atoms with E-state index in [4.69, 9.17) is 26.5 Å². The summed E-state index contributed by atoms with van der Waals surface area (Å²) in [6, 6.07) is 28.9. The lowest BCUT2D eigenvalue weighted by Crippen LogP contribution is -1.96. The Labute approximate surface area is 311 Å². The average molecular weight is 675 g/mol. The molecule has 0 radical (unpaired) electrons. The van der Waals surface area contributed by atoms with Crippen molar-refractivity contribution in [3.63, 3.8) is 0 Å². The van der Waals surface area contributed by atoms with Crippen LogP contribution in [0.15, 0.2) is 114 Å². The van der Waals surface area contributed by atoms with Crippen LogP contribution in [0.4, 0.5) is 0 Å². The Morgan fingerprint density at radius 2 is 1.41 bits per heavy atom. The zero-order valence-corrected chi connectivity index (χ0v) is 28.6. The Morgan fingerprint density at radius 3 is 2.22 bits per heavy atom. The second-order valence-corrected chi connectivity index (χ2v) is 12.9. The van der Waals surface area contributed by atoms with E-state index in [1.807, 2.05) is 44.3 Å². The number of nitrogens with zero attached hydrogens (tertiary/aromatic N) is 3. The van der Waals surface area contributed by atoms with Crippen molar-refractivity contribution in [1.82, 2.24) is 15.0 Å². The van der Waals surface area contributed by atoms with Crippen LogP contribution in [0.2, 0.25) is 0 Å². The van der Waals surface area contributed by atoms with E-state index in [0.29, 0.717) is 44.6 Å². The minimum atomic E-state index is -2.78. The largest absolute Gasteiger partial charge is 0.457 e. The molecule has 5 nitrogen and oxygen atoms in total. The summed E-state index contributed by atoms with van der Waals surface area (Å²) in [6.45, 7) is -0.206. The zero-order valence-electron chi connectivity index (χ0n) is 37.6. The summed E-state index contributed by atoms with van der Waals surface area (Å²) < 4.78 is 88.1. The summed E-state index contributed by atoms with van der Waals surface area (Å²) in [7, 11) is 0. The van der Waals surface area contributed by atoms with Gasteiger partial charge < -0.3 is 9.15 Å². The molecule has 0 N–H and O–H groups in total. The predicted molar refractivity (Wildman–Crippen MR) is 209 cm³/mol. The standard InChI is InChI=1S/C46H39N3O2/c1-26-13-15-36(28(3)17-26)38-23-43(48-25-30(38)5)41-22-35(21-40-37-16-14-31(6)49-46(37)51-45(40)41)50-44-20-34(42-18-27(2)29(4)24-47-42)19-39(32(44)7)33-11-9-8-10-12-33/h8-25H,1-7H3/i2D3,4D3,7D3. The highest BCUT2D eigenvalue weighted by molar-refractivity contribution is 6.09. The Balaban J connectivity index is 1.38. The fourth-order valence-electron chi connectivity index (χ4n) is 6.58. The molecular formula is C46H39N3O2. The average Bonchev–Trinajstić information content (AvgIpc) is 3.54. The summed E-state index contributed by atoms with van der Waals surface area (Å²) in [5.74, 6) is 0.232. The maximum Gasteiger partial charge on any atom is 0.227 e. The third-order valence-corrected chi connectivity index (χ3v) is 9.22. The molecule has 0 saturated heterocycles. The molecule has 8 aromatic rings. The van der Waals surface area contributed by atoms with E-state index < -0.39 is 26.1 Å². The molecule has 0 bridgehead atoms. The van der Waals surface area contributed by atoms with Crippen molar-refractivity contribution in [3.8, 4) is 56.3 Å². The van der Waals surface area contributed by atoms with Crippen LogP contribution in [0, 0.1) is 48.3 Å². The van der Waals surface area contributed by atoms with E-state index in [1.165, 1.54) is 12.1 Å². The second-order valence-electron chi connectivity index (χ2n) is 12.9. The third-order valence-electron chi connectivity index (χ3n) is 9.22. The van der Waals surface area contributed by atoms with Gasteiger partial charge in [0, 0.05) is 52.3 Å². The first-order valence-corrected chi connectivity index (χ1v) is 16.6. The number of furan rings is 1. The quantitative estimate of drug-likeness (QED) is 0.176. The number of pyridine rings is 3. The predicted octanol–water partition coefficient (Wildman–Crippen LogP) is 12.4. The van der Waals surface area contributed by atoms with Gasteiger partial charge in [0.15, 0.2) is 0 Å². The maximum absolute atomic E-state index is 8.79. The van der Waals surface area contributed by atoms with Gasteiger partial charge in [-0.3, -0.25) is 9.97 Å². The molecule has 4 aromatic carbocycles. The number of aryl methyl sites for hydroxylation is 6. The molecule has 0 aliphatic rings. The molecule has 8 rings (SSSR count). The Hall–Kier alpha value is -6.07. The van der Waals surface area contributed by atoms with Crippen LogP contribution in [0.3, 0.4) is 0 Å². The van der Waals surface area contributed by atoms with Crippen molar-refractivity contribution in [3.05, 3.63) is 149 Å². The number of hydrogen-bond acceptors (Lipinski definition) is 5. The van der Waals surface area contributed by atoms with E-state index in [1.54, 1.807) is 42.5 Å². The van der Waals surface area contributed by atoms with Crippen molar-refractivity contribution in [1.29, 1.82) is 0 Å². The molecule has 4 aromatic heterocycles. The Morgan fingerprint density at radius 1 is 0.588 bits per heavy atom. The fourth-order valence-corrected chi connectivity index (χ4v) is 6.58. The monoisotopic (exact) mass is 674 g/mol. The minimum absolute atomic E-state index is 0.0385. The molecule has 51 heavy (non-hydrogen) atoms. The first kappa shape index (κ1) is 23.4. The van der Waals surface area contributed by atoms with Crippen molar-refractivity contribution in [2.45, 2.75) is 48.3 Å². The lowest BCUT2D eigenvalue weighted by atomic mass is 9.94. The van der Waals surface area contributed by atoms with Gasteiger partial charge in [0.05, 0.1) is 11.4 Å². The lowest BCUT2D eigenvalue weighted by Gasteiger charge is -2.17. The van der Waals surface area contributed by atoms with Gasteiger partial charge in [-0.05, 0) is 147 Å². The molecular weight excluding hydrogens is 627 g/mol. The van der Waals surface area contributed by atoms with E-state index in [0.717, 1.165) is 45.1 Å². The van der Waals surface area contributed by atoms with Gasteiger partial charge in [-0.25, -0.2) is 4.98 Å². The highest BCUT2D eigenvalue weighted by Crippen LogP contribution is 2.43. The summed E-state index contributed by atoms with van der Waals surface area (Å²) in [5.41, 5.74) is 8.58. The molecule has 250 valence electrons. The zero-order chi connectivity index (χ0) is 42.9.